The van der Waals surface area contributed by atoms with Gasteiger partial charge in [0.25, 0.3) is 0 Å². The van der Waals surface area contributed by atoms with Gasteiger partial charge in [-0.3, -0.25) is 4.79 Å². The molecular weight excluding hydrogens is 202 g/mol. The molecule has 2 aromatic rings. The van der Waals surface area contributed by atoms with Gasteiger partial charge in [0, 0.05) is 26.2 Å². The van der Waals surface area contributed by atoms with Crippen LogP contribution >= 0.6 is 0 Å². The highest BCUT2D eigenvalue weighted by Crippen LogP contribution is 2.20. The molecule has 0 atom stereocenters. The lowest BCUT2D eigenvalue weighted by atomic mass is 10.2. The van der Waals surface area contributed by atoms with Crippen LogP contribution in [0, 0.1) is 0 Å². The van der Waals surface area contributed by atoms with Crippen molar-refractivity contribution in [3.63, 3.8) is 0 Å². The van der Waals surface area contributed by atoms with Crippen molar-refractivity contribution in [2.45, 2.75) is 13.3 Å². The summed E-state index contributed by atoms with van der Waals surface area (Å²) in [5.41, 5.74) is 2.87. The van der Waals surface area contributed by atoms with Crippen molar-refractivity contribution in [2.24, 2.45) is 7.05 Å². The summed E-state index contributed by atoms with van der Waals surface area (Å²) in [6, 6.07) is 5.86. The van der Waals surface area contributed by atoms with Crippen LogP contribution in [-0.2, 0) is 11.8 Å². The number of fused-ring (bicyclic) bond motifs is 1. The molecule has 0 N–H and O–H groups in total. The van der Waals surface area contributed by atoms with Crippen LogP contribution in [0.3, 0.4) is 0 Å². The molecule has 0 spiro atoms. The number of anilines is 1. The predicted molar refractivity (Wildman–Crippen MR) is 64.4 cm³/mol. The van der Waals surface area contributed by atoms with E-state index in [1.807, 2.05) is 36.7 Å². The average molecular weight is 217 g/mol. The molecule has 4 nitrogen and oxygen atoms in total. The molecule has 0 unspecified atom stereocenters. The number of aryl methyl sites for hydroxylation is 1. The summed E-state index contributed by atoms with van der Waals surface area (Å²) in [5, 5.41) is 0. The van der Waals surface area contributed by atoms with E-state index in [0.29, 0.717) is 6.42 Å². The summed E-state index contributed by atoms with van der Waals surface area (Å²) in [6.07, 6.45) is 2.28. The first-order valence-electron chi connectivity index (χ1n) is 5.31. The van der Waals surface area contributed by atoms with Crippen molar-refractivity contribution < 1.29 is 4.79 Å². The highest BCUT2D eigenvalue weighted by molar-refractivity contribution is 5.94. The zero-order valence-electron chi connectivity index (χ0n) is 9.77. The Morgan fingerprint density at radius 2 is 2.25 bits per heavy atom. The fourth-order valence-electron chi connectivity index (χ4n) is 1.71. The van der Waals surface area contributed by atoms with Crippen LogP contribution in [0.2, 0.25) is 0 Å². The molecule has 0 radical (unpaired) electrons. The minimum absolute atomic E-state index is 0.107. The van der Waals surface area contributed by atoms with Crippen LogP contribution in [0.1, 0.15) is 13.3 Å². The molecule has 0 fully saturated rings. The van der Waals surface area contributed by atoms with Crippen molar-refractivity contribution in [2.75, 3.05) is 11.9 Å². The van der Waals surface area contributed by atoms with Gasteiger partial charge in [-0.2, -0.15) is 0 Å². The molecule has 0 aliphatic carbocycles. The van der Waals surface area contributed by atoms with Crippen LogP contribution in [-0.4, -0.2) is 22.5 Å². The zero-order valence-corrected chi connectivity index (χ0v) is 9.77. The maximum atomic E-state index is 11.6. The molecule has 4 heteroatoms. The van der Waals surface area contributed by atoms with Crippen molar-refractivity contribution in [1.82, 2.24) is 9.55 Å². The number of hydrogen-bond acceptors (Lipinski definition) is 2. The number of hydrogen-bond donors (Lipinski definition) is 0. The molecule has 0 bridgehead atoms. The van der Waals surface area contributed by atoms with Crippen molar-refractivity contribution in [1.29, 1.82) is 0 Å². The predicted octanol–water partition coefficient (Wildman–Crippen LogP) is 1.95. The zero-order chi connectivity index (χ0) is 11.7. The van der Waals surface area contributed by atoms with Gasteiger partial charge >= 0.3 is 0 Å². The summed E-state index contributed by atoms with van der Waals surface area (Å²) in [7, 11) is 3.74. The second-order valence-corrected chi connectivity index (χ2v) is 3.83. The van der Waals surface area contributed by atoms with Crippen molar-refractivity contribution >= 4 is 22.6 Å². The Morgan fingerprint density at radius 1 is 1.50 bits per heavy atom. The van der Waals surface area contributed by atoms with Gasteiger partial charge in [0.15, 0.2) is 0 Å². The first-order valence-corrected chi connectivity index (χ1v) is 5.31. The minimum Gasteiger partial charge on any atom is -0.334 e. The second-order valence-electron chi connectivity index (χ2n) is 3.83. The molecule has 1 aromatic carbocycles. The average Bonchev–Trinajstić information content (AvgIpc) is 2.68. The third-order valence-corrected chi connectivity index (χ3v) is 2.77. The van der Waals surface area contributed by atoms with E-state index in [0.717, 1.165) is 16.7 Å². The maximum Gasteiger partial charge on any atom is 0.226 e. The summed E-state index contributed by atoms with van der Waals surface area (Å²) >= 11 is 0. The summed E-state index contributed by atoms with van der Waals surface area (Å²) in [5.74, 6) is 0.107. The maximum absolute atomic E-state index is 11.6. The Hall–Kier alpha value is -1.84. The lowest BCUT2D eigenvalue weighted by Crippen LogP contribution is -2.24. The molecule has 1 amide bonds. The van der Waals surface area contributed by atoms with Gasteiger partial charge in [-0.15, -0.1) is 0 Å². The van der Waals surface area contributed by atoms with Gasteiger partial charge in [0.05, 0.1) is 17.4 Å². The Kier molecular flexibility index (Phi) is 2.64. The number of amides is 1. The molecule has 1 aromatic heterocycles. The van der Waals surface area contributed by atoms with Gasteiger partial charge in [0.1, 0.15) is 0 Å². The number of imidazole rings is 1. The topological polar surface area (TPSA) is 38.1 Å². The van der Waals surface area contributed by atoms with Gasteiger partial charge in [-0.25, -0.2) is 4.98 Å². The molecule has 2 rings (SSSR count). The van der Waals surface area contributed by atoms with E-state index in [2.05, 4.69) is 4.98 Å². The smallest absolute Gasteiger partial charge is 0.226 e. The Balaban J connectivity index is 2.43. The first-order chi connectivity index (χ1) is 7.63. The number of aromatic nitrogens is 2. The van der Waals surface area contributed by atoms with Crippen molar-refractivity contribution in [3.05, 3.63) is 24.5 Å². The monoisotopic (exact) mass is 217 g/mol. The molecule has 16 heavy (non-hydrogen) atoms. The number of carbonyl (C=O) groups excluding carboxylic acids is 1. The van der Waals surface area contributed by atoms with E-state index < -0.39 is 0 Å². The van der Waals surface area contributed by atoms with E-state index in [4.69, 9.17) is 0 Å². The lowest BCUT2D eigenvalue weighted by molar-refractivity contribution is -0.118. The fraction of sp³-hybridized carbons (Fsp3) is 0.333. The summed E-state index contributed by atoms with van der Waals surface area (Å²) in [6.45, 7) is 1.86. The molecule has 0 saturated heterocycles. The third kappa shape index (κ3) is 1.66. The van der Waals surface area contributed by atoms with Gasteiger partial charge in [0.2, 0.25) is 5.91 Å². The van der Waals surface area contributed by atoms with Crippen LogP contribution in [0.15, 0.2) is 24.5 Å². The standard InChI is InChI=1S/C12H15N3O/c1-4-12(16)15(3)9-5-6-11-10(7-9)13-8-14(11)2/h5-8H,4H2,1-3H3. The molecule has 1 heterocycles. The minimum atomic E-state index is 0.107. The van der Waals surface area contributed by atoms with E-state index in [1.54, 1.807) is 18.3 Å². The molecule has 0 aliphatic rings. The van der Waals surface area contributed by atoms with E-state index >= 15 is 0 Å². The number of carbonyl (C=O) groups is 1. The van der Waals surface area contributed by atoms with Crippen molar-refractivity contribution in [3.8, 4) is 0 Å². The number of nitrogens with zero attached hydrogens (tertiary/aromatic N) is 3. The fourth-order valence-corrected chi connectivity index (χ4v) is 1.71. The normalized spacial score (nSPS) is 10.7. The van der Waals surface area contributed by atoms with Crippen LogP contribution in [0.25, 0.3) is 11.0 Å². The highest BCUT2D eigenvalue weighted by atomic mass is 16.2. The number of benzene rings is 1. The molecule has 84 valence electrons. The van der Waals surface area contributed by atoms with Crippen LogP contribution in [0.4, 0.5) is 5.69 Å². The Morgan fingerprint density at radius 3 is 2.94 bits per heavy atom. The Bertz CT molecular complexity index is 530. The van der Waals surface area contributed by atoms with E-state index in [9.17, 15) is 4.79 Å². The molecule has 0 saturated carbocycles. The van der Waals surface area contributed by atoms with E-state index in [-0.39, 0.29) is 5.91 Å². The Labute approximate surface area is 94.5 Å². The molecule has 0 aliphatic heterocycles. The van der Waals surface area contributed by atoms with Crippen LogP contribution in [0.5, 0.6) is 0 Å². The van der Waals surface area contributed by atoms with Gasteiger partial charge in [-0.1, -0.05) is 6.92 Å². The van der Waals surface area contributed by atoms with E-state index in [1.165, 1.54) is 0 Å². The van der Waals surface area contributed by atoms with Gasteiger partial charge < -0.3 is 9.47 Å². The largest absolute Gasteiger partial charge is 0.334 e. The quantitative estimate of drug-likeness (QED) is 0.771. The summed E-state index contributed by atoms with van der Waals surface area (Å²) in [4.78, 5) is 17.5. The molecular formula is C12H15N3O. The number of rotatable bonds is 2. The SMILES string of the molecule is CCC(=O)N(C)c1ccc2c(c1)ncn2C. The third-order valence-electron chi connectivity index (χ3n) is 2.77. The highest BCUT2D eigenvalue weighted by Gasteiger charge is 2.09. The summed E-state index contributed by atoms with van der Waals surface area (Å²) < 4.78 is 1.96. The van der Waals surface area contributed by atoms with Gasteiger partial charge in [-0.05, 0) is 18.2 Å². The van der Waals surface area contributed by atoms with Crippen LogP contribution < -0.4 is 4.90 Å². The first kappa shape index (κ1) is 10.7. The lowest BCUT2D eigenvalue weighted by Gasteiger charge is -2.16. The second kappa shape index (κ2) is 3.96.